The third kappa shape index (κ3) is 5.97. The van der Waals surface area contributed by atoms with Crippen LogP contribution in [0.4, 0.5) is 5.69 Å². The van der Waals surface area contributed by atoms with Crippen LogP contribution in [-0.4, -0.2) is 38.3 Å². The molecule has 0 aliphatic carbocycles. The van der Waals surface area contributed by atoms with Gasteiger partial charge in [0, 0.05) is 25.3 Å². The number of nitrogens with zero attached hydrogens (tertiary/aromatic N) is 1. The molecule has 0 radical (unpaired) electrons. The fourth-order valence-electron chi connectivity index (χ4n) is 3.27. The van der Waals surface area contributed by atoms with E-state index in [0.29, 0.717) is 12.3 Å². The Kier molecular flexibility index (Phi) is 6.80. The number of anilines is 1. The molecule has 1 atom stereocenters. The molecule has 0 spiro atoms. The smallest absolute Gasteiger partial charge is 0.261 e. The molecule has 0 saturated carbocycles. The summed E-state index contributed by atoms with van der Waals surface area (Å²) >= 11 is 0. The minimum absolute atomic E-state index is 0.0961. The maximum Gasteiger partial charge on any atom is 0.261 e. The highest BCUT2D eigenvalue weighted by Gasteiger charge is 2.17. The van der Waals surface area contributed by atoms with Crippen LogP contribution in [0, 0.1) is 0 Å². The predicted molar refractivity (Wildman–Crippen MR) is 117 cm³/mol. The molecular formula is C24H32N2O3. The average Bonchev–Trinajstić information content (AvgIpc) is 2.72. The molecule has 3 rings (SSSR count). The van der Waals surface area contributed by atoms with Gasteiger partial charge in [-0.25, -0.2) is 0 Å². The first kappa shape index (κ1) is 21.2. The standard InChI is InChI=1S/C24H32N2O3/c1-18(29-22-11-7-20(8-12-22)24(2,3)4)23(27)25-17-19-5-9-21(10-6-19)26-13-15-28-16-14-26/h5-12,18H,13-17H2,1-4H3,(H,25,27). The van der Waals surface area contributed by atoms with Crippen LogP contribution in [-0.2, 0) is 21.5 Å². The number of morpholine rings is 1. The molecule has 156 valence electrons. The summed E-state index contributed by atoms with van der Waals surface area (Å²) in [6.07, 6.45) is -0.553. The lowest BCUT2D eigenvalue weighted by molar-refractivity contribution is -0.127. The van der Waals surface area contributed by atoms with Crippen molar-refractivity contribution >= 4 is 11.6 Å². The van der Waals surface area contributed by atoms with Crippen molar-refractivity contribution in [1.82, 2.24) is 5.32 Å². The molecule has 29 heavy (non-hydrogen) atoms. The van der Waals surface area contributed by atoms with E-state index in [1.165, 1.54) is 11.3 Å². The van der Waals surface area contributed by atoms with Crippen LogP contribution in [0.3, 0.4) is 0 Å². The van der Waals surface area contributed by atoms with Crippen molar-refractivity contribution in [2.75, 3.05) is 31.2 Å². The largest absolute Gasteiger partial charge is 0.481 e. The second kappa shape index (κ2) is 9.31. The van der Waals surface area contributed by atoms with Gasteiger partial charge in [0.2, 0.25) is 0 Å². The van der Waals surface area contributed by atoms with Crippen LogP contribution in [0.1, 0.15) is 38.8 Å². The van der Waals surface area contributed by atoms with E-state index in [2.05, 4.69) is 67.4 Å². The summed E-state index contributed by atoms with van der Waals surface area (Å²) in [5, 5.41) is 2.96. The summed E-state index contributed by atoms with van der Waals surface area (Å²) in [4.78, 5) is 14.7. The maximum atomic E-state index is 12.4. The van der Waals surface area contributed by atoms with Crippen molar-refractivity contribution < 1.29 is 14.3 Å². The summed E-state index contributed by atoms with van der Waals surface area (Å²) in [5.74, 6) is 0.581. The zero-order chi connectivity index (χ0) is 20.9. The molecule has 1 amide bonds. The van der Waals surface area contributed by atoms with E-state index in [4.69, 9.17) is 9.47 Å². The third-order valence-corrected chi connectivity index (χ3v) is 5.18. The Morgan fingerprint density at radius 2 is 1.69 bits per heavy atom. The highest BCUT2D eigenvalue weighted by Crippen LogP contribution is 2.24. The maximum absolute atomic E-state index is 12.4. The topological polar surface area (TPSA) is 50.8 Å². The second-order valence-electron chi connectivity index (χ2n) is 8.52. The zero-order valence-electron chi connectivity index (χ0n) is 17.9. The number of amides is 1. The van der Waals surface area contributed by atoms with Gasteiger partial charge in [0.05, 0.1) is 13.2 Å². The Morgan fingerprint density at radius 1 is 1.07 bits per heavy atom. The number of hydrogen-bond acceptors (Lipinski definition) is 4. The average molecular weight is 397 g/mol. The number of ether oxygens (including phenoxy) is 2. The molecule has 0 bridgehead atoms. The molecule has 1 aliphatic heterocycles. The van der Waals surface area contributed by atoms with E-state index >= 15 is 0 Å². The van der Waals surface area contributed by atoms with E-state index in [-0.39, 0.29) is 11.3 Å². The molecule has 1 N–H and O–H groups in total. The Balaban J connectivity index is 1.48. The van der Waals surface area contributed by atoms with Crippen LogP contribution in [0.25, 0.3) is 0 Å². The van der Waals surface area contributed by atoms with Gasteiger partial charge >= 0.3 is 0 Å². The van der Waals surface area contributed by atoms with Crippen LogP contribution >= 0.6 is 0 Å². The third-order valence-electron chi connectivity index (χ3n) is 5.18. The van der Waals surface area contributed by atoms with Gasteiger partial charge in [-0.1, -0.05) is 45.0 Å². The summed E-state index contributed by atoms with van der Waals surface area (Å²) in [5.41, 5.74) is 3.59. The molecule has 1 saturated heterocycles. The van der Waals surface area contributed by atoms with Crippen LogP contribution in [0.5, 0.6) is 5.75 Å². The number of carbonyl (C=O) groups excluding carboxylic acids is 1. The molecule has 1 heterocycles. The van der Waals surface area contributed by atoms with Gasteiger partial charge in [0.1, 0.15) is 5.75 Å². The molecule has 5 nitrogen and oxygen atoms in total. The fraction of sp³-hybridized carbons (Fsp3) is 0.458. The van der Waals surface area contributed by atoms with Crippen molar-refractivity contribution in [3.63, 3.8) is 0 Å². The van der Waals surface area contributed by atoms with Crippen molar-refractivity contribution in [2.24, 2.45) is 0 Å². The molecule has 0 aromatic heterocycles. The molecule has 1 aliphatic rings. The number of nitrogens with one attached hydrogen (secondary N) is 1. The fourth-order valence-corrected chi connectivity index (χ4v) is 3.27. The Bertz CT molecular complexity index is 788. The highest BCUT2D eigenvalue weighted by atomic mass is 16.5. The lowest BCUT2D eigenvalue weighted by atomic mass is 9.87. The first-order valence-electron chi connectivity index (χ1n) is 10.3. The zero-order valence-corrected chi connectivity index (χ0v) is 17.9. The first-order valence-corrected chi connectivity index (χ1v) is 10.3. The summed E-state index contributed by atoms with van der Waals surface area (Å²) in [7, 11) is 0. The van der Waals surface area contributed by atoms with Crippen LogP contribution in [0.15, 0.2) is 48.5 Å². The number of rotatable bonds is 6. The number of benzene rings is 2. The van der Waals surface area contributed by atoms with E-state index in [1.807, 2.05) is 12.1 Å². The van der Waals surface area contributed by atoms with Gasteiger partial charge in [0.15, 0.2) is 6.10 Å². The van der Waals surface area contributed by atoms with E-state index in [9.17, 15) is 4.79 Å². The first-order chi connectivity index (χ1) is 13.8. The van der Waals surface area contributed by atoms with E-state index < -0.39 is 6.10 Å². The molecular weight excluding hydrogens is 364 g/mol. The predicted octanol–water partition coefficient (Wildman–Crippen LogP) is 3.90. The minimum atomic E-state index is -0.553. The van der Waals surface area contributed by atoms with Gasteiger partial charge < -0.3 is 19.7 Å². The normalized spacial score (nSPS) is 15.7. The second-order valence-corrected chi connectivity index (χ2v) is 8.52. The van der Waals surface area contributed by atoms with Gasteiger partial charge in [-0.2, -0.15) is 0 Å². The lowest BCUT2D eigenvalue weighted by Crippen LogP contribution is -2.36. The lowest BCUT2D eigenvalue weighted by Gasteiger charge is -2.28. The SMILES string of the molecule is CC(Oc1ccc(C(C)(C)C)cc1)C(=O)NCc1ccc(N2CCOCC2)cc1. The van der Waals surface area contributed by atoms with Crippen LogP contribution in [0.2, 0.25) is 0 Å². The minimum Gasteiger partial charge on any atom is -0.481 e. The van der Waals surface area contributed by atoms with Gasteiger partial charge in [-0.05, 0) is 47.7 Å². The molecule has 2 aromatic carbocycles. The Hall–Kier alpha value is -2.53. The molecule has 2 aromatic rings. The molecule has 1 unspecified atom stereocenters. The van der Waals surface area contributed by atoms with Crippen LogP contribution < -0.4 is 15.0 Å². The summed E-state index contributed by atoms with van der Waals surface area (Å²) in [6.45, 7) is 12.2. The van der Waals surface area contributed by atoms with E-state index in [1.54, 1.807) is 6.92 Å². The Labute approximate surface area is 174 Å². The van der Waals surface area contributed by atoms with Crippen molar-refractivity contribution in [3.05, 3.63) is 59.7 Å². The quantitative estimate of drug-likeness (QED) is 0.804. The van der Waals surface area contributed by atoms with Crippen molar-refractivity contribution in [1.29, 1.82) is 0 Å². The Morgan fingerprint density at radius 3 is 2.28 bits per heavy atom. The van der Waals surface area contributed by atoms with Crippen molar-refractivity contribution in [3.8, 4) is 5.75 Å². The molecule has 1 fully saturated rings. The molecule has 5 heteroatoms. The van der Waals surface area contributed by atoms with Gasteiger partial charge in [-0.3, -0.25) is 4.79 Å². The number of carbonyl (C=O) groups is 1. The van der Waals surface area contributed by atoms with Gasteiger partial charge in [0.25, 0.3) is 5.91 Å². The monoisotopic (exact) mass is 396 g/mol. The van der Waals surface area contributed by atoms with Crippen molar-refractivity contribution in [2.45, 2.75) is 45.8 Å². The van der Waals surface area contributed by atoms with Gasteiger partial charge in [-0.15, -0.1) is 0 Å². The number of hydrogen-bond donors (Lipinski definition) is 1. The highest BCUT2D eigenvalue weighted by molar-refractivity contribution is 5.80. The van der Waals surface area contributed by atoms with E-state index in [0.717, 1.165) is 31.9 Å². The summed E-state index contributed by atoms with van der Waals surface area (Å²) < 4.78 is 11.2. The summed E-state index contributed by atoms with van der Waals surface area (Å²) in [6, 6.07) is 16.3.